The highest BCUT2D eigenvalue weighted by Crippen LogP contribution is 2.26. The van der Waals surface area contributed by atoms with Gasteiger partial charge >= 0.3 is 0 Å². The van der Waals surface area contributed by atoms with Crippen LogP contribution in [-0.2, 0) is 0 Å². The Morgan fingerprint density at radius 2 is 2.05 bits per heavy atom. The van der Waals surface area contributed by atoms with Gasteiger partial charge in [-0.2, -0.15) is 0 Å². The standard InChI is InChI=1S/C13H20N4O3/c1-15-4-6-16(7-5-15)8-9-20-13-10-11(17(18)19)2-3-12(13)14/h2-3,10H,4-9,14H2,1H3. The number of likely N-dealkylation sites (N-methyl/N-ethyl adjacent to an activating group) is 1. The molecule has 1 aromatic carbocycles. The van der Waals surface area contributed by atoms with Crippen molar-refractivity contribution in [2.45, 2.75) is 0 Å². The third-order valence-electron chi connectivity index (χ3n) is 3.47. The lowest BCUT2D eigenvalue weighted by molar-refractivity contribution is -0.384. The van der Waals surface area contributed by atoms with Crippen LogP contribution < -0.4 is 10.5 Å². The number of hydrogen-bond donors (Lipinski definition) is 1. The van der Waals surface area contributed by atoms with Crippen LogP contribution in [0.4, 0.5) is 11.4 Å². The highest BCUT2D eigenvalue weighted by molar-refractivity contribution is 5.57. The number of nitrogens with zero attached hydrogens (tertiary/aromatic N) is 3. The molecule has 1 aliphatic heterocycles. The lowest BCUT2D eigenvalue weighted by Crippen LogP contribution is -2.45. The number of nitro groups is 1. The van der Waals surface area contributed by atoms with Gasteiger partial charge in [-0.15, -0.1) is 0 Å². The molecule has 20 heavy (non-hydrogen) atoms. The van der Waals surface area contributed by atoms with Gasteiger partial charge < -0.3 is 15.4 Å². The molecular weight excluding hydrogens is 260 g/mol. The quantitative estimate of drug-likeness (QED) is 0.488. The van der Waals surface area contributed by atoms with E-state index < -0.39 is 4.92 Å². The fraction of sp³-hybridized carbons (Fsp3) is 0.538. The molecule has 0 radical (unpaired) electrons. The Labute approximate surface area is 118 Å². The first-order valence-electron chi connectivity index (χ1n) is 6.64. The van der Waals surface area contributed by atoms with Crippen molar-refractivity contribution in [2.24, 2.45) is 0 Å². The average molecular weight is 280 g/mol. The number of nitrogen functional groups attached to an aromatic ring is 1. The van der Waals surface area contributed by atoms with Crippen LogP contribution in [-0.4, -0.2) is 61.1 Å². The molecule has 1 aromatic rings. The van der Waals surface area contributed by atoms with Gasteiger partial charge in [-0.25, -0.2) is 0 Å². The van der Waals surface area contributed by atoms with Crippen molar-refractivity contribution in [3.8, 4) is 5.75 Å². The monoisotopic (exact) mass is 280 g/mol. The van der Waals surface area contributed by atoms with Crippen molar-refractivity contribution in [1.82, 2.24) is 9.80 Å². The maximum Gasteiger partial charge on any atom is 0.273 e. The number of ether oxygens (including phenoxy) is 1. The molecule has 1 saturated heterocycles. The van der Waals surface area contributed by atoms with Crippen molar-refractivity contribution in [3.63, 3.8) is 0 Å². The Hall–Kier alpha value is -1.86. The van der Waals surface area contributed by atoms with Crippen LogP contribution in [0.15, 0.2) is 18.2 Å². The fourth-order valence-electron chi connectivity index (χ4n) is 2.12. The number of benzene rings is 1. The molecule has 0 amide bonds. The molecule has 1 aliphatic rings. The van der Waals surface area contributed by atoms with E-state index in [1.54, 1.807) is 0 Å². The number of rotatable bonds is 5. The van der Waals surface area contributed by atoms with Crippen LogP contribution in [0.5, 0.6) is 5.75 Å². The SMILES string of the molecule is CN1CCN(CCOc2cc([N+](=O)[O-])ccc2N)CC1. The van der Waals surface area contributed by atoms with E-state index in [0.29, 0.717) is 18.0 Å². The third kappa shape index (κ3) is 3.82. The van der Waals surface area contributed by atoms with Gasteiger partial charge in [0.2, 0.25) is 0 Å². The van der Waals surface area contributed by atoms with Gasteiger partial charge in [0.05, 0.1) is 16.7 Å². The Bertz CT molecular complexity index is 473. The Morgan fingerprint density at radius 1 is 1.35 bits per heavy atom. The summed E-state index contributed by atoms with van der Waals surface area (Å²) in [5.74, 6) is 0.383. The Balaban J connectivity index is 1.84. The number of non-ortho nitro benzene ring substituents is 1. The molecule has 7 heteroatoms. The van der Waals surface area contributed by atoms with Crippen LogP contribution in [0.1, 0.15) is 0 Å². The second-order valence-corrected chi connectivity index (χ2v) is 4.97. The van der Waals surface area contributed by atoms with Crippen molar-refractivity contribution in [3.05, 3.63) is 28.3 Å². The number of anilines is 1. The molecule has 7 nitrogen and oxygen atoms in total. The molecule has 0 atom stereocenters. The predicted octanol–water partition coefficient (Wildman–Crippen LogP) is 0.803. The fourth-order valence-corrected chi connectivity index (χ4v) is 2.12. The van der Waals surface area contributed by atoms with Gasteiger partial charge in [0, 0.05) is 38.8 Å². The number of hydrogen-bond acceptors (Lipinski definition) is 6. The summed E-state index contributed by atoms with van der Waals surface area (Å²) in [5, 5.41) is 10.7. The first-order valence-corrected chi connectivity index (χ1v) is 6.64. The smallest absolute Gasteiger partial charge is 0.273 e. The Morgan fingerprint density at radius 3 is 2.70 bits per heavy atom. The van der Waals surface area contributed by atoms with E-state index in [2.05, 4.69) is 16.8 Å². The minimum Gasteiger partial charge on any atom is -0.490 e. The van der Waals surface area contributed by atoms with Crippen LogP contribution in [0.2, 0.25) is 0 Å². The summed E-state index contributed by atoms with van der Waals surface area (Å²) in [4.78, 5) is 14.9. The molecule has 2 N–H and O–H groups in total. The second kappa shape index (κ2) is 6.53. The summed E-state index contributed by atoms with van der Waals surface area (Å²) in [7, 11) is 2.11. The molecule has 110 valence electrons. The molecular formula is C13H20N4O3. The summed E-state index contributed by atoms with van der Waals surface area (Å²) >= 11 is 0. The molecule has 0 unspecified atom stereocenters. The van der Waals surface area contributed by atoms with E-state index in [9.17, 15) is 10.1 Å². The van der Waals surface area contributed by atoms with Crippen LogP contribution in [0.25, 0.3) is 0 Å². The average Bonchev–Trinajstić information content (AvgIpc) is 2.43. The molecule has 0 aliphatic carbocycles. The number of nitrogens with two attached hydrogens (primary N) is 1. The summed E-state index contributed by atoms with van der Waals surface area (Å²) in [6.45, 7) is 5.43. The number of piperazine rings is 1. The zero-order valence-corrected chi connectivity index (χ0v) is 11.6. The van der Waals surface area contributed by atoms with Crippen LogP contribution in [0, 0.1) is 10.1 Å². The van der Waals surface area contributed by atoms with Crippen molar-refractivity contribution in [1.29, 1.82) is 0 Å². The summed E-state index contributed by atoms with van der Waals surface area (Å²) < 4.78 is 5.57. The Kier molecular flexibility index (Phi) is 4.75. The van der Waals surface area contributed by atoms with E-state index in [4.69, 9.17) is 10.5 Å². The summed E-state index contributed by atoms with van der Waals surface area (Å²) in [6.07, 6.45) is 0. The second-order valence-electron chi connectivity index (χ2n) is 4.97. The van der Waals surface area contributed by atoms with Gasteiger partial charge in [0.15, 0.2) is 0 Å². The summed E-state index contributed by atoms with van der Waals surface area (Å²) in [5.41, 5.74) is 6.18. The van der Waals surface area contributed by atoms with Gasteiger partial charge in [-0.05, 0) is 13.1 Å². The molecule has 0 aromatic heterocycles. The molecule has 1 heterocycles. The first-order chi connectivity index (χ1) is 9.56. The maximum absolute atomic E-state index is 10.7. The normalized spacial score (nSPS) is 17.1. The van der Waals surface area contributed by atoms with Gasteiger partial charge in [-0.3, -0.25) is 15.0 Å². The third-order valence-corrected chi connectivity index (χ3v) is 3.47. The lowest BCUT2D eigenvalue weighted by atomic mass is 10.2. The minimum absolute atomic E-state index is 0.00574. The molecule has 0 saturated carbocycles. The molecule has 1 fully saturated rings. The lowest BCUT2D eigenvalue weighted by Gasteiger charge is -2.32. The van der Waals surface area contributed by atoms with E-state index in [0.717, 1.165) is 32.7 Å². The molecule has 0 spiro atoms. The van der Waals surface area contributed by atoms with Crippen LogP contribution in [0.3, 0.4) is 0 Å². The van der Waals surface area contributed by atoms with Gasteiger partial charge in [0.25, 0.3) is 5.69 Å². The van der Waals surface area contributed by atoms with E-state index >= 15 is 0 Å². The zero-order chi connectivity index (χ0) is 14.5. The van der Waals surface area contributed by atoms with Crippen molar-refractivity contribution < 1.29 is 9.66 Å². The predicted molar refractivity (Wildman–Crippen MR) is 76.9 cm³/mol. The first kappa shape index (κ1) is 14.5. The van der Waals surface area contributed by atoms with Crippen molar-refractivity contribution >= 4 is 11.4 Å². The van der Waals surface area contributed by atoms with Gasteiger partial charge in [-0.1, -0.05) is 0 Å². The van der Waals surface area contributed by atoms with Gasteiger partial charge in [0.1, 0.15) is 12.4 Å². The number of nitro benzene ring substituents is 1. The zero-order valence-electron chi connectivity index (χ0n) is 11.6. The van der Waals surface area contributed by atoms with E-state index in [1.165, 1.54) is 18.2 Å². The highest BCUT2D eigenvalue weighted by Gasteiger charge is 2.14. The van der Waals surface area contributed by atoms with Crippen LogP contribution >= 0.6 is 0 Å². The largest absolute Gasteiger partial charge is 0.490 e. The van der Waals surface area contributed by atoms with E-state index in [-0.39, 0.29) is 5.69 Å². The molecule has 0 bridgehead atoms. The van der Waals surface area contributed by atoms with E-state index in [1.807, 2.05) is 0 Å². The molecule has 2 rings (SSSR count). The highest BCUT2D eigenvalue weighted by atomic mass is 16.6. The summed E-state index contributed by atoms with van der Waals surface area (Å²) in [6, 6.07) is 4.26. The maximum atomic E-state index is 10.7. The van der Waals surface area contributed by atoms with Crippen molar-refractivity contribution in [2.75, 3.05) is 52.1 Å². The minimum atomic E-state index is -0.452. The topological polar surface area (TPSA) is 84.9 Å².